The number of hydrogen-bond donors (Lipinski definition) is 2. The molecule has 0 heterocycles. The van der Waals surface area contributed by atoms with Crippen molar-refractivity contribution in [1.29, 1.82) is 0 Å². The zero-order valence-electron chi connectivity index (χ0n) is 13.5. The van der Waals surface area contributed by atoms with E-state index in [4.69, 9.17) is 21.7 Å². The Bertz CT molecular complexity index is 758. The largest absolute Gasteiger partial charge is 0.497 e. The van der Waals surface area contributed by atoms with Crippen molar-refractivity contribution in [3.63, 3.8) is 0 Å². The third kappa shape index (κ3) is 4.11. The molecule has 0 amide bonds. The molecular formula is C16H17N3O4S. The normalized spacial score (nSPS) is 9.96. The number of nitrogens with zero attached hydrogens (tertiary/aromatic N) is 1. The van der Waals surface area contributed by atoms with Crippen molar-refractivity contribution in [3.8, 4) is 11.5 Å². The van der Waals surface area contributed by atoms with Gasteiger partial charge in [0.25, 0.3) is 5.69 Å². The maximum absolute atomic E-state index is 11.0. The molecule has 0 atom stereocenters. The minimum atomic E-state index is -0.427. The standard InChI is InChI=1S/C16H17N3O4S/c1-10-14(5-4-6-15(10)19(20)21)18-16(24)17-11-7-12(22-2)9-13(8-11)23-3/h4-9H,1-3H3,(H2,17,18,24). The Morgan fingerprint density at radius 1 is 1.12 bits per heavy atom. The summed E-state index contributed by atoms with van der Waals surface area (Å²) < 4.78 is 10.4. The molecule has 0 aliphatic rings. The molecule has 0 saturated carbocycles. The molecule has 0 aliphatic carbocycles. The molecular weight excluding hydrogens is 330 g/mol. The summed E-state index contributed by atoms with van der Waals surface area (Å²) in [7, 11) is 3.11. The van der Waals surface area contributed by atoms with Gasteiger partial charge in [0.2, 0.25) is 0 Å². The van der Waals surface area contributed by atoms with E-state index >= 15 is 0 Å². The lowest BCUT2D eigenvalue weighted by Crippen LogP contribution is -2.19. The van der Waals surface area contributed by atoms with Crippen LogP contribution >= 0.6 is 12.2 Å². The summed E-state index contributed by atoms with van der Waals surface area (Å²) in [6.45, 7) is 1.66. The van der Waals surface area contributed by atoms with Gasteiger partial charge in [0, 0.05) is 30.0 Å². The Labute approximate surface area is 144 Å². The van der Waals surface area contributed by atoms with Gasteiger partial charge >= 0.3 is 0 Å². The summed E-state index contributed by atoms with van der Waals surface area (Å²) in [5.41, 5.74) is 1.78. The number of hydrogen-bond acceptors (Lipinski definition) is 5. The Balaban J connectivity index is 2.17. The van der Waals surface area contributed by atoms with Crippen LogP contribution in [0.3, 0.4) is 0 Å². The first kappa shape index (κ1) is 17.5. The van der Waals surface area contributed by atoms with E-state index in [-0.39, 0.29) is 5.69 Å². The average molecular weight is 347 g/mol. The molecule has 8 heteroatoms. The van der Waals surface area contributed by atoms with Crippen LogP contribution in [0.5, 0.6) is 11.5 Å². The van der Waals surface area contributed by atoms with E-state index in [1.165, 1.54) is 6.07 Å². The predicted octanol–water partition coefficient (Wildman–Crippen LogP) is 3.73. The molecule has 0 bridgehead atoms. The maximum Gasteiger partial charge on any atom is 0.274 e. The van der Waals surface area contributed by atoms with E-state index in [0.29, 0.717) is 33.5 Å². The zero-order valence-corrected chi connectivity index (χ0v) is 14.3. The Morgan fingerprint density at radius 2 is 1.75 bits per heavy atom. The molecule has 2 aromatic carbocycles. The monoisotopic (exact) mass is 347 g/mol. The first-order chi connectivity index (χ1) is 11.4. The van der Waals surface area contributed by atoms with Gasteiger partial charge in [0.1, 0.15) is 11.5 Å². The molecule has 7 nitrogen and oxygen atoms in total. The van der Waals surface area contributed by atoms with Crippen molar-refractivity contribution >= 4 is 34.4 Å². The summed E-state index contributed by atoms with van der Waals surface area (Å²) in [6, 6.07) is 10.0. The number of methoxy groups -OCH3 is 2. The van der Waals surface area contributed by atoms with Crippen molar-refractivity contribution in [2.45, 2.75) is 6.92 Å². The van der Waals surface area contributed by atoms with Crippen LogP contribution in [0.1, 0.15) is 5.56 Å². The van der Waals surface area contributed by atoms with E-state index in [0.717, 1.165) is 0 Å². The molecule has 126 valence electrons. The second-order valence-electron chi connectivity index (χ2n) is 4.89. The van der Waals surface area contributed by atoms with Crippen LogP contribution in [0.2, 0.25) is 0 Å². The third-order valence-corrected chi connectivity index (χ3v) is 3.56. The van der Waals surface area contributed by atoms with Gasteiger partial charge in [-0.05, 0) is 25.2 Å². The summed E-state index contributed by atoms with van der Waals surface area (Å²) in [6.07, 6.45) is 0. The minimum absolute atomic E-state index is 0.0332. The second-order valence-corrected chi connectivity index (χ2v) is 5.30. The van der Waals surface area contributed by atoms with Gasteiger partial charge in [-0.3, -0.25) is 10.1 Å². The molecule has 2 N–H and O–H groups in total. The van der Waals surface area contributed by atoms with Crippen molar-refractivity contribution in [2.75, 3.05) is 24.9 Å². The van der Waals surface area contributed by atoms with Gasteiger partial charge in [0.15, 0.2) is 5.11 Å². The van der Waals surface area contributed by atoms with E-state index in [9.17, 15) is 10.1 Å². The summed E-state index contributed by atoms with van der Waals surface area (Å²) in [5, 5.41) is 17.3. The Morgan fingerprint density at radius 3 is 2.29 bits per heavy atom. The van der Waals surface area contributed by atoms with Gasteiger partial charge < -0.3 is 20.1 Å². The van der Waals surface area contributed by atoms with Crippen molar-refractivity contribution in [1.82, 2.24) is 0 Å². The highest BCUT2D eigenvalue weighted by Crippen LogP contribution is 2.27. The summed E-state index contributed by atoms with van der Waals surface area (Å²) in [5.74, 6) is 1.23. The Kier molecular flexibility index (Phi) is 5.54. The van der Waals surface area contributed by atoms with Crippen molar-refractivity contribution in [2.24, 2.45) is 0 Å². The van der Waals surface area contributed by atoms with Crippen molar-refractivity contribution in [3.05, 3.63) is 52.1 Å². The zero-order chi connectivity index (χ0) is 17.7. The van der Waals surface area contributed by atoms with Gasteiger partial charge in [-0.1, -0.05) is 6.07 Å². The third-order valence-electron chi connectivity index (χ3n) is 3.36. The molecule has 0 unspecified atom stereocenters. The van der Waals surface area contributed by atoms with E-state index in [2.05, 4.69) is 10.6 Å². The van der Waals surface area contributed by atoms with Crippen LogP contribution < -0.4 is 20.1 Å². The van der Waals surface area contributed by atoms with Gasteiger partial charge in [-0.2, -0.15) is 0 Å². The number of nitro groups is 1. The number of anilines is 2. The van der Waals surface area contributed by atoms with Gasteiger partial charge in [-0.25, -0.2) is 0 Å². The van der Waals surface area contributed by atoms with Crippen molar-refractivity contribution < 1.29 is 14.4 Å². The summed E-state index contributed by atoms with van der Waals surface area (Å²) in [4.78, 5) is 10.6. The molecule has 2 rings (SSSR count). The van der Waals surface area contributed by atoms with E-state index < -0.39 is 4.92 Å². The molecule has 0 radical (unpaired) electrons. The quantitative estimate of drug-likeness (QED) is 0.484. The fourth-order valence-electron chi connectivity index (χ4n) is 2.12. The molecule has 24 heavy (non-hydrogen) atoms. The number of nitrogens with one attached hydrogen (secondary N) is 2. The molecule has 0 aliphatic heterocycles. The topological polar surface area (TPSA) is 85.7 Å². The molecule has 0 saturated heterocycles. The number of nitro benzene ring substituents is 1. The van der Waals surface area contributed by atoms with Crippen LogP contribution in [0.4, 0.5) is 17.1 Å². The SMILES string of the molecule is COc1cc(NC(=S)Nc2cccc([N+](=O)[O-])c2C)cc(OC)c1. The van der Waals surface area contributed by atoms with Crippen LogP contribution in [-0.2, 0) is 0 Å². The summed E-state index contributed by atoms with van der Waals surface area (Å²) >= 11 is 5.27. The maximum atomic E-state index is 11.0. The fourth-order valence-corrected chi connectivity index (χ4v) is 2.35. The van der Waals surface area contributed by atoms with Gasteiger partial charge in [-0.15, -0.1) is 0 Å². The highest BCUT2D eigenvalue weighted by molar-refractivity contribution is 7.80. The highest BCUT2D eigenvalue weighted by Gasteiger charge is 2.14. The Hall–Kier alpha value is -2.87. The number of rotatable bonds is 5. The lowest BCUT2D eigenvalue weighted by Gasteiger charge is -2.14. The predicted molar refractivity (Wildman–Crippen MR) is 97.2 cm³/mol. The lowest BCUT2D eigenvalue weighted by atomic mass is 10.1. The van der Waals surface area contributed by atoms with E-state index in [1.54, 1.807) is 51.5 Å². The number of ether oxygens (including phenoxy) is 2. The second kappa shape index (κ2) is 7.60. The fraction of sp³-hybridized carbons (Fsp3) is 0.188. The number of benzene rings is 2. The van der Waals surface area contributed by atoms with E-state index in [1.807, 2.05) is 0 Å². The minimum Gasteiger partial charge on any atom is -0.497 e. The average Bonchev–Trinajstić information content (AvgIpc) is 2.55. The first-order valence-corrected chi connectivity index (χ1v) is 7.40. The van der Waals surface area contributed by atoms with Gasteiger partial charge in [0.05, 0.1) is 30.4 Å². The van der Waals surface area contributed by atoms with Crippen LogP contribution in [-0.4, -0.2) is 24.3 Å². The lowest BCUT2D eigenvalue weighted by molar-refractivity contribution is -0.385. The molecule has 0 fully saturated rings. The molecule has 0 aromatic heterocycles. The number of thiocarbonyl (C=S) groups is 1. The first-order valence-electron chi connectivity index (χ1n) is 6.99. The van der Waals surface area contributed by atoms with Crippen LogP contribution in [0, 0.1) is 17.0 Å². The highest BCUT2D eigenvalue weighted by atomic mass is 32.1. The molecule has 2 aromatic rings. The smallest absolute Gasteiger partial charge is 0.274 e. The van der Waals surface area contributed by atoms with Crippen LogP contribution in [0.25, 0.3) is 0 Å². The van der Waals surface area contributed by atoms with Crippen LogP contribution in [0.15, 0.2) is 36.4 Å². The molecule has 0 spiro atoms.